The van der Waals surface area contributed by atoms with E-state index in [1.807, 2.05) is 0 Å². The van der Waals surface area contributed by atoms with Crippen LogP contribution in [-0.2, 0) is 14.6 Å². The molecule has 0 rings (SSSR count). The summed E-state index contributed by atoms with van der Waals surface area (Å²) in [4.78, 5) is 11.2. The first-order valence-corrected chi connectivity index (χ1v) is 6.17. The van der Waals surface area contributed by atoms with E-state index in [-0.39, 0.29) is 18.8 Å². The molecule has 1 amide bonds. The fourth-order valence-corrected chi connectivity index (χ4v) is 1.17. The zero-order valence-electron chi connectivity index (χ0n) is 8.60. The van der Waals surface area contributed by atoms with Gasteiger partial charge in [-0.2, -0.15) is 0 Å². The molecule has 0 spiro atoms. The molecule has 0 aliphatic rings. The van der Waals surface area contributed by atoms with Crippen molar-refractivity contribution in [1.82, 2.24) is 5.32 Å². The number of oxime groups is 1. The van der Waals surface area contributed by atoms with Gasteiger partial charge in [-0.25, -0.2) is 8.42 Å². The average Bonchev–Trinajstić information content (AvgIpc) is 2.14. The normalized spacial score (nSPS) is 14.7. The summed E-state index contributed by atoms with van der Waals surface area (Å²) in [6.45, 7) is 1.43. The standard InChI is InChI=1S/C7H15N3O4S/c1-5(15(2,13)14)7(11)9-4-3-6(8)10-12/h5,12H,3-4H2,1-2H3,(H2,8,10)(H,9,11). The Morgan fingerprint density at radius 2 is 2.13 bits per heavy atom. The second-order valence-electron chi connectivity index (χ2n) is 3.10. The van der Waals surface area contributed by atoms with E-state index in [9.17, 15) is 13.2 Å². The molecular formula is C7H15N3O4S. The summed E-state index contributed by atoms with van der Waals surface area (Å²) in [7, 11) is -3.38. The smallest absolute Gasteiger partial charge is 0.238 e. The van der Waals surface area contributed by atoms with Crippen LogP contribution in [-0.4, -0.2) is 43.4 Å². The van der Waals surface area contributed by atoms with Gasteiger partial charge in [0, 0.05) is 19.2 Å². The minimum atomic E-state index is -3.38. The molecule has 0 bridgehead atoms. The van der Waals surface area contributed by atoms with Gasteiger partial charge in [0.15, 0.2) is 9.84 Å². The molecule has 7 nitrogen and oxygen atoms in total. The highest BCUT2D eigenvalue weighted by atomic mass is 32.2. The van der Waals surface area contributed by atoms with Crippen molar-refractivity contribution in [3.8, 4) is 0 Å². The lowest BCUT2D eigenvalue weighted by Gasteiger charge is -2.09. The van der Waals surface area contributed by atoms with Crippen LogP contribution in [0.3, 0.4) is 0 Å². The summed E-state index contributed by atoms with van der Waals surface area (Å²) >= 11 is 0. The first kappa shape index (κ1) is 13.7. The predicted molar refractivity (Wildman–Crippen MR) is 55.3 cm³/mol. The minimum absolute atomic E-state index is 0.0256. The molecule has 0 saturated heterocycles. The number of hydrogen-bond donors (Lipinski definition) is 3. The zero-order chi connectivity index (χ0) is 12.1. The molecule has 0 aliphatic carbocycles. The fourth-order valence-electron chi connectivity index (χ4n) is 0.702. The molecule has 4 N–H and O–H groups in total. The van der Waals surface area contributed by atoms with Gasteiger partial charge in [-0.1, -0.05) is 5.16 Å². The van der Waals surface area contributed by atoms with Gasteiger partial charge in [-0.3, -0.25) is 4.79 Å². The van der Waals surface area contributed by atoms with E-state index in [1.165, 1.54) is 6.92 Å². The van der Waals surface area contributed by atoms with E-state index in [1.54, 1.807) is 0 Å². The molecule has 0 aliphatic heterocycles. The lowest BCUT2D eigenvalue weighted by atomic mass is 10.3. The first-order valence-electron chi connectivity index (χ1n) is 4.22. The van der Waals surface area contributed by atoms with Crippen LogP contribution in [0, 0.1) is 0 Å². The molecule has 0 fully saturated rings. The van der Waals surface area contributed by atoms with Crippen LogP contribution in [0.4, 0.5) is 0 Å². The number of amidine groups is 1. The topological polar surface area (TPSA) is 122 Å². The Hall–Kier alpha value is -1.31. The van der Waals surface area contributed by atoms with Gasteiger partial charge >= 0.3 is 0 Å². The SMILES string of the molecule is CC(C(=O)NCCC(N)=NO)S(C)(=O)=O. The number of amides is 1. The Morgan fingerprint density at radius 3 is 2.53 bits per heavy atom. The van der Waals surface area contributed by atoms with E-state index in [2.05, 4.69) is 10.5 Å². The first-order chi connectivity index (χ1) is 6.79. The number of hydrogen-bond acceptors (Lipinski definition) is 5. The van der Waals surface area contributed by atoms with E-state index in [0.717, 1.165) is 6.26 Å². The van der Waals surface area contributed by atoms with Gasteiger partial charge in [0.25, 0.3) is 0 Å². The van der Waals surface area contributed by atoms with Crippen molar-refractivity contribution >= 4 is 21.6 Å². The van der Waals surface area contributed by atoms with Crippen molar-refractivity contribution < 1.29 is 18.4 Å². The number of rotatable bonds is 5. The van der Waals surface area contributed by atoms with Crippen LogP contribution in [0.25, 0.3) is 0 Å². The lowest BCUT2D eigenvalue weighted by molar-refractivity contribution is -0.120. The Kier molecular flexibility index (Phi) is 5.06. The van der Waals surface area contributed by atoms with Gasteiger partial charge in [0.1, 0.15) is 11.1 Å². The Bertz CT molecular complexity index is 349. The molecule has 8 heteroatoms. The van der Waals surface area contributed by atoms with E-state index in [0.29, 0.717) is 0 Å². The zero-order valence-corrected chi connectivity index (χ0v) is 9.41. The highest BCUT2D eigenvalue weighted by Crippen LogP contribution is 1.97. The van der Waals surface area contributed by atoms with Crippen molar-refractivity contribution in [1.29, 1.82) is 0 Å². The summed E-state index contributed by atoms with van der Waals surface area (Å²) in [5.74, 6) is -0.620. The number of nitrogens with zero attached hydrogens (tertiary/aromatic N) is 1. The molecule has 0 aromatic heterocycles. The maximum absolute atomic E-state index is 11.2. The molecule has 0 saturated carbocycles. The van der Waals surface area contributed by atoms with Crippen molar-refractivity contribution in [3.63, 3.8) is 0 Å². The molecule has 15 heavy (non-hydrogen) atoms. The third kappa shape index (κ3) is 5.21. The molecule has 88 valence electrons. The number of nitrogens with two attached hydrogens (primary N) is 1. The minimum Gasteiger partial charge on any atom is -0.409 e. The number of nitrogens with one attached hydrogen (secondary N) is 1. The van der Waals surface area contributed by atoms with Crippen LogP contribution >= 0.6 is 0 Å². The number of carbonyl (C=O) groups excluding carboxylic acids is 1. The van der Waals surface area contributed by atoms with Crippen LogP contribution in [0.5, 0.6) is 0 Å². The van der Waals surface area contributed by atoms with E-state index >= 15 is 0 Å². The highest BCUT2D eigenvalue weighted by Gasteiger charge is 2.22. The highest BCUT2D eigenvalue weighted by molar-refractivity contribution is 7.92. The third-order valence-corrected chi connectivity index (χ3v) is 3.32. The van der Waals surface area contributed by atoms with Crippen LogP contribution in [0.15, 0.2) is 5.16 Å². The Labute approximate surface area is 88.2 Å². The molecule has 0 radical (unpaired) electrons. The maximum Gasteiger partial charge on any atom is 0.238 e. The lowest BCUT2D eigenvalue weighted by Crippen LogP contribution is -2.38. The summed E-state index contributed by atoms with van der Waals surface area (Å²) < 4.78 is 22.0. The molecular weight excluding hydrogens is 222 g/mol. The monoisotopic (exact) mass is 237 g/mol. The quantitative estimate of drug-likeness (QED) is 0.237. The fraction of sp³-hybridized carbons (Fsp3) is 0.714. The van der Waals surface area contributed by atoms with Crippen molar-refractivity contribution in [2.24, 2.45) is 10.9 Å². The van der Waals surface area contributed by atoms with Crippen LogP contribution < -0.4 is 11.1 Å². The Morgan fingerprint density at radius 1 is 1.60 bits per heavy atom. The van der Waals surface area contributed by atoms with Crippen molar-refractivity contribution in [3.05, 3.63) is 0 Å². The van der Waals surface area contributed by atoms with Crippen molar-refractivity contribution in [2.45, 2.75) is 18.6 Å². The second-order valence-corrected chi connectivity index (χ2v) is 5.47. The number of carbonyl (C=O) groups is 1. The molecule has 1 unspecified atom stereocenters. The maximum atomic E-state index is 11.2. The molecule has 0 heterocycles. The Balaban J connectivity index is 4.07. The summed E-state index contributed by atoms with van der Waals surface area (Å²) in [5, 5.41) is 12.2. The van der Waals surface area contributed by atoms with E-state index < -0.39 is 21.0 Å². The summed E-state index contributed by atoms with van der Waals surface area (Å²) in [6, 6.07) is 0. The van der Waals surface area contributed by atoms with E-state index in [4.69, 9.17) is 10.9 Å². The van der Waals surface area contributed by atoms with Gasteiger partial charge in [0.05, 0.1) is 0 Å². The van der Waals surface area contributed by atoms with Crippen LogP contribution in [0.2, 0.25) is 0 Å². The van der Waals surface area contributed by atoms with Gasteiger partial charge in [0.2, 0.25) is 5.91 Å². The average molecular weight is 237 g/mol. The molecule has 0 aromatic rings. The second kappa shape index (κ2) is 5.54. The van der Waals surface area contributed by atoms with Gasteiger partial charge in [-0.05, 0) is 6.92 Å². The van der Waals surface area contributed by atoms with Crippen LogP contribution in [0.1, 0.15) is 13.3 Å². The summed E-state index contributed by atoms with van der Waals surface area (Å²) in [5.41, 5.74) is 5.15. The van der Waals surface area contributed by atoms with Crippen molar-refractivity contribution in [2.75, 3.05) is 12.8 Å². The number of sulfone groups is 1. The van der Waals surface area contributed by atoms with Gasteiger partial charge < -0.3 is 16.3 Å². The summed E-state index contributed by atoms with van der Waals surface area (Å²) in [6.07, 6.45) is 1.15. The molecule has 1 atom stereocenters. The predicted octanol–water partition coefficient (Wildman–Crippen LogP) is -1.33. The third-order valence-electron chi connectivity index (χ3n) is 1.82. The van der Waals surface area contributed by atoms with Gasteiger partial charge in [-0.15, -0.1) is 0 Å². The molecule has 0 aromatic carbocycles. The largest absolute Gasteiger partial charge is 0.409 e.